The fraction of sp³-hybridized carbons (Fsp3) is 0.647. The Labute approximate surface area is 141 Å². The summed E-state index contributed by atoms with van der Waals surface area (Å²) in [5.74, 6) is 0.502. The van der Waals surface area contributed by atoms with Crippen LogP contribution in [0.25, 0.3) is 0 Å². The monoisotopic (exact) mass is 332 g/mol. The SMILES string of the molecule is C=C(/C(Cl)=C\C(C)=C/CCl)N1CC(C)N(C)C(C)C1.CC. The maximum Gasteiger partial charge on any atom is 0.0635 e. The third-order valence-corrected chi connectivity index (χ3v) is 4.25. The first-order chi connectivity index (χ1) is 9.86. The first-order valence-electron chi connectivity index (χ1n) is 7.62. The highest BCUT2D eigenvalue weighted by molar-refractivity contribution is 6.32. The summed E-state index contributed by atoms with van der Waals surface area (Å²) in [7, 11) is 2.17. The number of likely N-dealkylation sites (N-methyl/N-ethyl adjacent to an activating group) is 1. The minimum absolute atomic E-state index is 0.502. The van der Waals surface area contributed by atoms with Crippen molar-refractivity contribution in [2.45, 2.75) is 46.7 Å². The van der Waals surface area contributed by atoms with Crippen LogP contribution in [0.5, 0.6) is 0 Å². The molecule has 1 rings (SSSR count). The molecule has 122 valence electrons. The van der Waals surface area contributed by atoms with Crippen LogP contribution in [0.1, 0.15) is 34.6 Å². The molecule has 1 heterocycles. The van der Waals surface area contributed by atoms with Gasteiger partial charge in [0.05, 0.1) is 5.03 Å². The van der Waals surface area contributed by atoms with Crippen LogP contribution in [0.15, 0.2) is 35.0 Å². The van der Waals surface area contributed by atoms with E-state index < -0.39 is 0 Å². The number of piperazine rings is 1. The Morgan fingerprint density at radius 1 is 1.24 bits per heavy atom. The zero-order valence-electron chi connectivity index (χ0n) is 14.3. The van der Waals surface area contributed by atoms with E-state index in [1.807, 2.05) is 32.9 Å². The first-order valence-corrected chi connectivity index (χ1v) is 8.54. The molecule has 2 atom stereocenters. The van der Waals surface area contributed by atoms with Gasteiger partial charge in [-0.1, -0.05) is 43.7 Å². The van der Waals surface area contributed by atoms with Gasteiger partial charge in [-0.05, 0) is 33.9 Å². The summed E-state index contributed by atoms with van der Waals surface area (Å²) in [6.45, 7) is 16.5. The van der Waals surface area contributed by atoms with E-state index >= 15 is 0 Å². The van der Waals surface area contributed by atoms with E-state index in [1.165, 1.54) is 0 Å². The highest BCUT2D eigenvalue weighted by Gasteiger charge is 2.27. The Hall–Kier alpha value is -0.440. The molecule has 0 bridgehead atoms. The number of rotatable bonds is 4. The number of hydrogen-bond acceptors (Lipinski definition) is 2. The van der Waals surface area contributed by atoms with Crippen molar-refractivity contribution in [3.8, 4) is 0 Å². The molecule has 0 amide bonds. The van der Waals surface area contributed by atoms with E-state index in [0.717, 1.165) is 24.4 Å². The standard InChI is InChI=1S/C15H24Cl2N2.C2H6/c1-11(6-7-16)8-15(17)14(4)19-9-12(2)18(5)13(3)10-19;1-2/h6,8,12-13H,4,7,9-10H2,1-3,5H3;1-2H3/b11-6-,15-8+;. The molecule has 0 radical (unpaired) electrons. The number of halogens is 2. The molecule has 0 aliphatic carbocycles. The zero-order valence-corrected chi connectivity index (χ0v) is 15.8. The Morgan fingerprint density at radius 2 is 1.71 bits per heavy atom. The van der Waals surface area contributed by atoms with Gasteiger partial charge in [0.2, 0.25) is 0 Å². The minimum Gasteiger partial charge on any atom is -0.368 e. The van der Waals surface area contributed by atoms with Gasteiger partial charge in [0, 0.05) is 36.8 Å². The summed E-state index contributed by atoms with van der Waals surface area (Å²) >= 11 is 12.0. The minimum atomic E-state index is 0.502. The lowest BCUT2D eigenvalue weighted by Gasteiger charge is -2.44. The van der Waals surface area contributed by atoms with E-state index in [9.17, 15) is 0 Å². The molecule has 4 heteroatoms. The second kappa shape index (κ2) is 10.3. The highest BCUT2D eigenvalue weighted by Crippen LogP contribution is 2.24. The van der Waals surface area contributed by atoms with Gasteiger partial charge in [0.1, 0.15) is 0 Å². The molecule has 0 spiro atoms. The predicted molar refractivity (Wildman–Crippen MR) is 97.2 cm³/mol. The maximum atomic E-state index is 6.35. The molecule has 1 aliphatic rings. The predicted octanol–water partition coefficient (Wildman–Crippen LogP) is 4.86. The lowest BCUT2D eigenvalue weighted by molar-refractivity contribution is 0.0825. The maximum absolute atomic E-state index is 6.35. The van der Waals surface area contributed by atoms with Crippen molar-refractivity contribution in [3.63, 3.8) is 0 Å². The van der Waals surface area contributed by atoms with Gasteiger partial charge in [-0.25, -0.2) is 0 Å². The molecule has 1 aliphatic heterocycles. The fourth-order valence-corrected chi connectivity index (χ4v) is 2.77. The first kappa shape index (κ1) is 20.6. The van der Waals surface area contributed by atoms with Crippen LogP contribution in [-0.4, -0.2) is 47.9 Å². The normalized spacial score (nSPS) is 24.5. The molecule has 0 aromatic rings. The van der Waals surface area contributed by atoms with Crippen molar-refractivity contribution in [2.75, 3.05) is 26.0 Å². The molecular formula is C17H30Cl2N2. The van der Waals surface area contributed by atoms with E-state index in [0.29, 0.717) is 23.0 Å². The van der Waals surface area contributed by atoms with Gasteiger partial charge in [0.15, 0.2) is 0 Å². The number of nitrogens with zero attached hydrogens (tertiary/aromatic N) is 2. The van der Waals surface area contributed by atoms with E-state index in [2.05, 4.69) is 37.3 Å². The van der Waals surface area contributed by atoms with Gasteiger partial charge >= 0.3 is 0 Å². The fourth-order valence-electron chi connectivity index (χ4n) is 2.24. The molecule has 0 aromatic carbocycles. The summed E-state index contributed by atoms with van der Waals surface area (Å²) in [5, 5.41) is 0.697. The molecule has 21 heavy (non-hydrogen) atoms. The van der Waals surface area contributed by atoms with Crippen molar-refractivity contribution < 1.29 is 0 Å². The third-order valence-electron chi connectivity index (χ3n) is 3.77. The van der Waals surface area contributed by atoms with Crippen molar-refractivity contribution >= 4 is 23.2 Å². The largest absolute Gasteiger partial charge is 0.368 e. The second-order valence-electron chi connectivity index (χ2n) is 5.31. The zero-order chi connectivity index (χ0) is 16.6. The molecule has 2 unspecified atom stereocenters. The van der Waals surface area contributed by atoms with E-state index in [4.69, 9.17) is 23.2 Å². The highest BCUT2D eigenvalue weighted by atomic mass is 35.5. The molecule has 0 saturated carbocycles. The van der Waals surface area contributed by atoms with E-state index in [-0.39, 0.29) is 0 Å². The summed E-state index contributed by atoms with van der Waals surface area (Å²) in [4.78, 5) is 4.65. The smallest absolute Gasteiger partial charge is 0.0635 e. The van der Waals surface area contributed by atoms with Crippen molar-refractivity contribution in [2.24, 2.45) is 0 Å². The molecule has 0 N–H and O–H groups in total. The van der Waals surface area contributed by atoms with Gasteiger partial charge in [-0.3, -0.25) is 4.90 Å². The average Bonchev–Trinajstić information content (AvgIpc) is 2.45. The van der Waals surface area contributed by atoms with Crippen molar-refractivity contribution in [1.29, 1.82) is 0 Å². The topological polar surface area (TPSA) is 6.48 Å². The Morgan fingerprint density at radius 3 is 2.14 bits per heavy atom. The summed E-state index contributed by atoms with van der Waals surface area (Å²) in [6.07, 6.45) is 3.87. The van der Waals surface area contributed by atoms with Crippen LogP contribution in [0.3, 0.4) is 0 Å². The number of alkyl halides is 1. The molecular weight excluding hydrogens is 303 g/mol. The van der Waals surface area contributed by atoms with Crippen LogP contribution in [0, 0.1) is 0 Å². The summed E-state index contributed by atoms with van der Waals surface area (Å²) < 4.78 is 0. The Balaban J connectivity index is 0.00000191. The molecule has 0 aromatic heterocycles. The van der Waals surface area contributed by atoms with Gasteiger partial charge in [-0.15, -0.1) is 11.6 Å². The third kappa shape index (κ3) is 6.46. The summed E-state index contributed by atoms with van der Waals surface area (Å²) in [5.41, 5.74) is 1.96. The number of hydrogen-bond donors (Lipinski definition) is 0. The summed E-state index contributed by atoms with van der Waals surface area (Å²) in [6, 6.07) is 1.01. The lowest BCUT2D eigenvalue weighted by atomic mass is 10.1. The molecule has 1 fully saturated rings. The average molecular weight is 333 g/mol. The van der Waals surface area contributed by atoms with Gasteiger partial charge in [-0.2, -0.15) is 0 Å². The Kier molecular flexibility index (Phi) is 10.1. The number of allylic oxidation sites excluding steroid dienone is 4. The Bertz CT molecular complexity index is 376. The molecule has 1 saturated heterocycles. The quantitative estimate of drug-likeness (QED) is 0.535. The van der Waals surface area contributed by atoms with Crippen LogP contribution in [0.4, 0.5) is 0 Å². The van der Waals surface area contributed by atoms with Crippen LogP contribution < -0.4 is 0 Å². The van der Waals surface area contributed by atoms with E-state index in [1.54, 1.807) is 0 Å². The van der Waals surface area contributed by atoms with Crippen LogP contribution in [-0.2, 0) is 0 Å². The van der Waals surface area contributed by atoms with Crippen LogP contribution in [0.2, 0.25) is 0 Å². The van der Waals surface area contributed by atoms with Crippen molar-refractivity contribution in [3.05, 3.63) is 35.0 Å². The van der Waals surface area contributed by atoms with Crippen molar-refractivity contribution in [1.82, 2.24) is 9.80 Å². The van der Waals surface area contributed by atoms with Gasteiger partial charge in [0.25, 0.3) is 0 Å². The molecule has 2 nitrogen and oxygen atoms in total. The van der Waals surface area contributed by atoms with Crippen LogP contribution >= 0.6 is 23.2 Å². The van der Waals surface area contributed by atoms with Gasteiger partial charge < -0.3 is 4.90 Å². The second-order valence-corrected chi connectivity index (χ2v) is 6.03. The lowest BCUT2D eigenvalue weighted by Crippen LogP contribution is -2.54.